The fourth-order valence-corrected chi connectivity index (χ4v) is 2.97. The summed E-state index contributed by atoms with van der Waals surface area (Å²) in [4.78, 5) is 18.9. The van der Waals surface area contributed by atoms with Crippen molar-refractivity contribution < 1.29 is 14.1 Å². The molecule has 7 heteroatoms. The minimum atomic E-state index is -0.657. The molecule has 1 aromatic heterocycles. The van der Waals surface area contributed by atoms with Gasteiger partial charge in [-0.2, -0.15) is 4.98 Å². The highest BCUT2D eigenvalue weighted by molar-refractivity contribution is 6.31. The molecular weight excluding hydrogens is 390 g/mol. The molecule has 0 saturated carbocycles. The summed E-state index contributed by atoms with van der Waals surface area (Å²) in [7, 11) is 0. The highest BCUT2D eigenvalue weighted by atomic mass is 35.5. The second-order valence-electron chi connectivity index (χ2n) is 6.90. The first-order chi connectivity index (χ1) is 13.9. The zero-order valence-electron chi connectivity index (χ0n) is 17.0. The number of likely N-dealkylation sites (N-methyl/N-ethyl adjacent to an activating group) is 1. The van der Waals surface area contributed by atoms with Gasteiger partial charge in [0.15, 0.2) is 6.10 Å². The Labute approximate surface area is 175 Å². The summed E-state index contributed by atoms with van der Waals surface area (Å²) in [6, 6.07) is 13.2. The second-order valence-corrected chi connectivity index (χ2v) is 7.31. The quantitative estimate of drug-likeness (QED) is 0.555. The molecule has 0 aliphatic rings. The predicted octanol–water partition coefficient (Wildman–Crippen LogP) is 4.82. The van der Waals surface area contributed by atoms with Crippen LogP contribution >= 0.6 is 11.6 Å². The highest BCUT2D eigenvalue weighted by Crippen LogP contribution is 2.22. The molecule has 1 atom stereocenters. The van der Waals surface area contributed by atoms with E-state index in [9.17, 15) is 4.79 Å². The largest absolute Gasteiger partial charge is 0.481 e. The van der Waals surface area contributed by atoms with Crippen molar-refractivity contribution >= 4 is 17.5 Å². The van der Waals surface area contributed by atoms with Gasteiger partial charge < -0.3 is 14.2 Å². The molecule has 1 heterocycles. The zero-order valence-corrected chi connectivity index (χ0v) is 17.7. The van der Waals surface area contributed by atoms with E-state index in [-0.39, 0.29) is 12.5 Å². The number of hydrogen-bond donors (Lipinski definition) is 0. The molecule has 6 nitrogen and oxygen atoms in total. The van der Waals surface area contributed by atoms with Gasteiger partial charge >= 0.3 is 0 Å². The van der Waals surface area contributed by atoms with Crippen molar-refractivity contribution in [3.63, 3.8) is 0 Å². The molecule has 0 spiro atoms. The third-order valence-corrected chi connectivity index (χ3v) is 5.01. The molecule has 0 unspecified atom stereocenters. The number of rotatable bonds is 7. The van der Waals surface area contributed by atoms with Crippen LogP contribution in [0.3, 0.4) is 0 Å². The number of benzene rings is 2. The molecule has 2 aromatic carbocycles. The number of aromatic nitrogens is 2. The van der Waals surface area contributed by atoms with Crippen LogP contribution in [-0.2, 0) is 11.3 Å². The minimum absolute atomic E-state index is 0.157. The van der Waals surface area contributed by atoms with Crippen molar-refractivity contribution in [1.29, 1.82) is 0 Å². The lowest BCUT2D eigenvalue weighted by Gasteiger charge is -2.23. The normalized spacial score (nSPS) is 11.9. The fraction of sp³-hybridized carbons (Fsp3) is 0.318. The van der Waals surface area contributed by atoms with E-state index in [2.05, 4.69) is 10.1 Å². The van der Waals surface area contributed by atoms with Crippen molar-refractivity contribution in [2.45, 2.75) is 40.3 Å². The van der Waals surface area contributed by atoms with Crippen LogP contribution < -0.4 is 4.74 Å². The van der Waals surface area contributed by atoms with E-state index in [4.69, 9.17) is 20.9 Å². The van der Waals surface area contributed by atoms with Crippen molar-refractivity contribution in [3.8, 4) is 17.1 Å². The molecule has 0 aliphatic heterocycles. The number of nitrogens with zero attached hydrogens (tertiary/aromatic N) is 3. The van der Waals surface area contributed by atoms with Crippen LogP contribution in [0.2, 0.25) is 5.02 Å². The summed E-state index contributed by atoms with van der Waals surface area (Å²) in [5, 5.41) is 4.69. The average molecular weight is 414 g/mol. The number of halogens is 1. The van der Waals surface area contributed by atoms with E-state index in [1.807, 2.05) is 51.1 Å². The Morgan fingerprint density at radius 3 is 2.59 bits per heavy atom. The molecule has 0 bridgehead atoms. The molecule has 0 saturated heterocycles. The van der Waals surface area contributed by atoms with E-state index in [1.165, 1.54) is 0 Å². The Hall–Kier alpha value is -2.86. The highest BCUT2D eigenvalue weighted by Gasteiger charge is 2.23. The molecule has 0 N–H and O–H groups in total. The summed E-state index contributed by atoms with van der Waals surface area (Å²) in [5.74, 6) is 1.33. The van der Waals surface area contributed by atoms with Gasteiger partial charge in [0.25, 0.3) is 5.91 Å². The van der Waals surface area contributed by atoms with Crippen LogP contribution in [0.4, 0.5) is 0 Å². The molecule has 152 valence electrons. The van der Waals surface area contributed by atoms with Crippen molar-refractivity contribution in [1.82, 2.24) is 15.0 Å². The predicted molar refractivity (Wildman–Crippen MR) is 112 cm³/mol. The smallest absolute Gasteiger partial charge is 0.263 e. The molecular formula is C22H24ClN3O3. The Morgan fingerprint density at radius 1 is 1.21 bits per heavy atom. The first-order valence-electron chi connectivity index (χ1n) is 9.48. The number of amides is 1. The van der Waals surface area contributed by atoms with Gasteiger partial charge in [-0.3, -0.25) is 4.79 Å². The standard InChI is InChI=1S/C22H24ClN3O3/c1-5-26(22(27)16(4)28-18-10-11-19(23)15(3)12-18)13-20-24-21(25-29-20)17-8-6-14(2)7-9-17/h6-12,16H,5,13H2,1-4H3/t16-/m0/s1. The van der Waals surface area contributed by atoms with Gasteiger partial charge in [-0.15, -0.1) is 0 Å². The molecule has 3 rings (SSSR count). The SMILES string of the molecule is CCN(Cc1nc(-c2ccc(C)cc2)no1)C(=O)[C@H](C)Oc1ccc(Cl)c(C)c1. The molecule has 1 amide bonds. The van der Waals surface area contributed by atoms with Crippen molar-refractivity contribution in [2.24, 2.45) is 0 Å². The first-order valence-corrected chi connectivity index (χ1v) is 9.86. The van der Waals surface area contributed by atoms with Crippen molar-refractivity contribution in [3.05, 3.63) is 64.5 Å². The van der Waals surface area contributed by atoms with Gasteiger partial charge in [0, 0.05) is 17.1 Å². The fourth-order valence-electron chi connectivity index (χ4n) is 2.85. The van der Waals surface area contributed by atoms with Crippen LogP contribution in [0.25, 0.3) is 11.4 Å². The van der Waals surface area contributed by atoms with E-state index in [0.717, 1.165) is 16.7 Å². The first kappa shape index (κ1) is 20.9. The number of aryl methyl sites for hydroxylation is 2. The van der Waals surface area contributed by atoms with Gasteiger partial charge in [-0.1, -0.05) is 46.6 Å². The average Bonchev–Trinajstić information content (AvgIpc) is 3.17. The summed E-state index contributed by atoms with van der Waals surface area (Å²) >= 11 is 6.04. The topological polar surface area (TPSA) is 68.5 Å². The van der Waals surface area contributed by atoms with E-state index < -0.39 is 6.10 Å². The van der Waals surface area contributed by atoms with E-state index >= 15 is 0 Å². The number of carbonyl (C=O) groups excluding carboxylic acids is 1. The molecule has 3 aromatic rings. The van der Waals surface area contributed by atoms with Gasteiger partial charge in [0.05, 0.1) is 0 Å². The molecule has 29 heavy (non-hydrogen) atoms. The van der Waals surface area contributed by atoms with E-state index in [1.54, 1.807) is 24.0 Å². The summed E-state index contributed by atoms with van der Waals surface area (Å²) < 4.78 is 11.1. The maximum Gasteiger partial charge on any atom is 0.263 e. The molecule has 0 aliphatic carbocycles. The Kier molecular flexibility index (Phi) is 6.54. The third kappa shape index (κ3) is 5.15. The van der Waals surface area contributed by atoms with Gasteiger partial charge in [0.2, 0.25) is 11.7 Å². The Balaban J connectivity index is 1.66. The molecule has 0 radical (unpaired) electrons. The van der Waals surface area contributed by atoms with Crippen LogP contribution in [0.1, 0.15) is 30.9 Å². The van der Waals surface area contributed by atoms with E-state index in [0.29, 0.717) is 29.0 Å². The zero-order chi connectivity index (χ0) is 21.0. The maximum absolute atomic E-state index is 12.8. The van der Waals surface area contributed by atoms with Crippen molar-refractivity contribution in [2.75, 3.05) is 6.54 Å². The second kappa shape index (κ2) is 9.09. The lowest BCUT2D eigenvalue weighted by molar-refractivity contribution is -0.138. The maximum atomic E-state index is 12.8. The van der Waals surface area contributed by atoms with Crippen LogP contribution in [-0.4, -0.2) is 33.6 Å². The Bertz CT molecular complexity index is 985. The van der Waals surface area contributed by atoms with Crippen LogP contribution in [0.15, 0.2) is 47.0 Å². The lowest BCUT2D eigenvalue weighted by Crippen LogP contribution is -2.40. The summed E-state index contributed by atoms with van der Waals surface area (Å²) in [5.41, 5.74) is 2.92. The number of carbonyl (C=O) groups is 1. The Morgan fingerprint density at radius 2 is 1.93 bits per heavy atom. The van der Waals surface area contributed by atoms with Crippen LogP contribution in [0.5, 0.6) is 5.75 Å². The summed E-state index contributed by atoms with van der Waals surface area (Å²) in [6.45, 7) is 8.25. The third-order valence-electron chi connectivity index (χ3n) is 4.59. The van der Waals surface area contributed by atoms with Gasteiger partial charge in [-0.05, 0) is 51.5 Å². The number of ether oxygens (including phenoxy) is 1. The summed E-state index contributed by atoms with van der Waals surface area (Å²) in [6.07, 6.45) is -0.657. The van der Waals surface area contributed by atoms with Gasteiger partial charge in [0.1, 0.15) is 12.3 Å². The molecule has 0 fully saturated rings. The monoisotopic (exact) mass is 413 g/mol. The van der Waals surface area contributed by atoms with Crippen LogP contribution in [0, 0.1) is 13.8 Å². The van der Waals surface area contributed by atoms with Gasteiger partial charge in [-0.25, -0.2) is 0 Å². The lowest BCUT2D eigenvalue weighted by atomic mass is 10.1. The minimum Gasteiger partial charge on any atom is -0.481 e. The number of hydrogen-bond acceptors (Lipinski definition) is 5.